The molecule has 0 aliphatic heterocycles. The van der Waals surface area contributed by atoms with Crippen LogP contribution in [0.4, 0.5) is 0 Å². The van der Waals surface area contributed by atoms with E-state index in [-0.39, 0.29) is 5.97 Å². The number of esters is 1. The van der Waals surface area contributed by atoms with Gasteiger partial charge < -0.3 is 9.30 Å². The van der Waals surface area contributed by atoms with Crippen LogP contribution in [0.15, 0.2) is 41.1 Å². The molecule has 0 saturated carbocycles. The van der Waals surface area contributed by atoms with Gasteiger partial charge >= 0.3 is 5.97 Å². The summed E-state index contributed by atoms with van der Waals surface area (Å²) < 4.78 is 7.76. The van der Waals surface area contributed by atoms with Crippen LogP contribution in [-0.2, 0) is 11.3 Å². The molecule has 0 saturated heterocycles. The number of nitrogens with zero attached hydrogens (tertiary/aromatic N) is 2. The first-order valence-corrected chi connectivity index (χ1v) is 6.42. The first kappa shape index (κ1) is 12.8. The number of aromatic nitrogens is 2. The Balaban J connectivity index is 2.17. The fraction of sp³-hybridized carbons (Fsp3) is 0.231. The van der Waals surface area contributed by atoms with Gasteiger partial charge in [0.2, 0.25) is 0 Å². The molecule has 18 heavy (non-hydrogen) atoms. The van der Waals surface area contributed by atoms with Gasteiger partial charge in [0, 0.05) is 16.9 Å². The second-order valence-corrected chi connectivity index (χ2v) is 4.63. The van der Waals surface area contributed by atoms with Crippen LogP contribution in [0.5, 0.6) is 0 Å². The Morgan fingerprint density at radius 2 is 2.28 bits per heavy atom. The molecule has 2 aromatic heterocycles. The number of hydrogen-bond acceptors (Lipinski definition) is 3. The van der Waals surface area contributed by atoms with Gasteiger partial charge in [0.25, 0.3) is 0 Å². The predicted molar refractivity (Wildman–Crippen MR) is 71.4 cm³/mol. The summed E-state index contributed by atoms with van der Waals surface area (Å²) in [6.07, 6.45) is 3.58. The van der Waals surface area contributed by atoms with Crippen LogP contribution < -0.4 is 0 Å². The number of halogens is 1. The molecule has 4 nitrogen and oxygen atoms in total. The molecule has 0 N–H and O–H groups in total. The Bertz CT molecular complexity index is 534. The summed E-state index contributed by atoms with van der Waals surface area (Å²) in [7, 11) is 0. The second-order valence-electron chi connectivity index (χ2n) is 3.71. The average Bonchev–Trinajstić information content (AvgIpc) is 2.81. The fourth-order valence-corrected chi connectivity index (χ4v) is 1.85. The highest BCUT2D eigenvalue weighted by Crippen LogP contribution is 2.11. The lowest BCUT2D eigenvalue weighted by molar-refractivity contribution is 0.0514. The summed E-state index contributed by atoms with van der Waals surface area (Å²) in [6.45, 7) is 2.72. The summed E-state index contributed by atoms with van der Waals surface area (Å²) in [5.74, 6) is -0.306. The Kier molecular flexibility index (Phi) is 4.15. The lowest BCUT2D eigenvalue weighted by Crippen LogP contribution is -2.12. The monoisotopic (exact) mass is 308 g/mol. The van der Waals surface area contributed by atoms with Crippen molar-refractivity contribution in [2.75, 3.05) is 6.61 Å². The van der Waals surface area contributed by atoms with Crippen LogP contribution in [0.3, 0.4) is 0 Å². The fourth-order valence-electron chi connectivity index (χ4n) is 1.62. The Hall–Kier alpha value is -1.62. The highest BCUT2D eigenvalue weighted by atomic mass is 79.9. The third-order valence-corrected chi connectivity index (χ3v) is 2.90. The minimum absolute atomic E-state index is 0.306. The van der Waals surface area contributed by atoms with Crippen molar-refractivity contribution in [3.8, 4) is 0 Å². The predicted octanol–water partition coefficient (Wildman–Crippen LogP) is 2.87. The normalized spacial score (nSPS) is 10.3. The molecule has 0 aliphatic rings. The molecule has 94 valence electrons. The lowest BCUT2D eigenvalue weighted by Gasteiger charge is -2.08. The smallest absolute Gasteiger partial charge is 0.354 e. The van der Waals surface area contributed by atoms with Gasteiger partial charge in [0.1, 0.15) is 5.69 Å². The van der Waals surface area contributed by atoms with E-state index in [1.165, 1.54) is 0 Å². The number of hydrogen-bond donors (Lipinski definition) is 0. The van der Waals surface area contributed by atoms with E-state index in [4.69, 9.17) is 4.74 Å². The molecule has 0 aliphatic carbocycles. The summed E-state index contributed by atoms with van der Waals surface area (Å²) in [5, 5.41) is 0. The summed E-state index contributed by atoms with van der Waals surface area (Å²) >= 11 is 3.34. The maximum Gasteiger partial charge on any atom is 0.354 e. The molecule has 0 spiro atoms. The molecule has 2 rings (SSSR count). The number of rotatable bonds is 4. The van der Waals surface area contributed by atoms with E-state index in [0.29, 0.717) is 18.8 Å². The highest BCUT2D eigenvalue weighted by molar-refractivity contribution is 9.10. The van der Waals surface area contributed by atoms with E-state index >= 15 is 0 Å². The molecule has 0 aromatic carbocycles. The van der Waals surface area contributed by atoms with Gasteiger partial charge in [-0.2, -0.15) is 0 Å². The number of carbonyl (C=O) groups is 1. The molecule has 2 heterocycles. The molecule has 0 fully saturated rings. The van der Waals surface area contributed by atoms with Crippen molar-refractivity contribution in [1.82, 2.24) is 9.55 Å². The minimum atomic E-state index is -0.306. The third-order valence-electron chi connectivity index (χ3n) is 2.44. The van der Waals surface area contributed by atoms with Crippen molar-refractivity contribution in [2.45, 2.75) is 13.5 Å². The molecule has 0 unspecified atom stereocenters. The summed E-state index contributed by atoms with van der Waals surface area (Å²) in [6, 6.07) is 7.41. The van der Waals surface area contributed by atoms with E-state index in [1.54, 1.807) is 19.2 Å². The highest BCUT2D eigenvalue weighted by Gasteiger charge is 2.11. The zero-order chi connectivity index (χ0) is 13.0. The van der Waals surface area contributed by atoms with Crippen LogP contribution in [0.25, 0.3) is 0 Å². The summed E-state index contributed by atoms with van der Waals surface area (Å²) in [5.41, 5.74) is 1.43. The van der Waals surface area contributed by atoms with Crippen molar-refractivity contribution in [3.63, 3.8) is 0 Å². The first-order valence-electron chi connectivity index (χ1n) is 5.63. The van der Waals surface area contributed by atoms with Crippen LogP contribution in [0.1, 0.15) is 23.1 Å². The molecule has 0 radical (unpaired) electrons. The molecular weight excluding hydrogens is 296 g/mol. The second kappa shape index (κ2) is 5.82. The zero-order valence-corrected chi connectivity index (χ0v) is 11.6. The molecular formula is C13H13BrN2O2. The Labute approximate surface area is 114 Å². The van der Waals surface area contributed by atoms with Crippen LogP contribution >= 0.6 is 15.9 Å². The van der Waals surface area contributed by atoms with E-state index in [2.05, 4.69) is 20.9 Å². The van der Waals surface area contributed by atoms with E-state index < -0.39 is 0 Å². The van der Waals surface area contributed by atoms with Gasteiger partial charge in [-0.05, 0) is 47.1 Å². The topological polar surface area (TPSA) is 44.1 Å². The average molecular weight is 309 g/mol. The van der Waals surface area contributed by atoms with Crippen molar-refractivity contribution >= 4 is 21.9 Å². The van der Waals surface area contributed by atoms with E-state index in [1.807, 2.05) is 29.0 Å². The lowest BCUT2D eigenvalue weighted by atomic mass is 10.3. The van der Waals surface area contributed by atoms with Gasteiger partial charge in [0.15, 0.2) is 0 Å². The van der Waals surface area contributed by atoms with Gasteiger partial charge in [-0.15, -0.1) is 0 Å². The zero-order valence-electron chi connectivity index (χ0n) is 9.97. The van der Waals surface area contributed by atoms with Crippen molar-refractivity contribution < 1.29 is 9.53 Å². The summed E-state index contributed by atoms with van der Waals surface area (Å²) in [4.78, 5) is 16.0. The molecule has 2 aromatic rings. The van der Waals surface area contributed by atoms with Gasteiger partial charge in [-0.25, -0.2) is 4.79 Å². The standard InChI is InChI=1S/C13H13BrN2O2/c1-2-18-13(17)12-4-3-7-16(12)9-11-6-5-10(14)8-15-11/h3-8H,2,9H2,1H3. The first-order chi connectivity index (χ1) is 8.70. The van der Waals surface area contributed by atoms with Gasteiger partial charge in [-0.1, -0.05) is 0 Å². The molecule has 5 heteroatoms. The molecule has 0 amide bonds. The number of ether oxygens (including phenoxy) is 1. The van der Waals surface area contributed by atoms with E-state index in [9.17, 15) is 4.79 Å². The van der Waals surface area contributed by atoms with Gasteiger partial charge in [-0.3, -0.25) is 4.98 Å². The van der Waals surface area contributed by atoms with Crippen molar-refractivity contribution in [1.29, 1.82) is 0 Å². The van der Waals surface area contributed by atoms with E-state index in [0.717, 1.165) is 10.2 Å². The number of pyridine rings is 1. The molecule has 0 bridgehead atoms. The maximum atomic E-state index is 11.7. The third kappa shape index (κ3) is 2.98. The quantitative estimate of drug-likeness (QED) is 0.816. The SMILES string of the molecule is CCOC(=O)c1cccn1Cc1ccc(Br)cn1. The Morgan fingerprint density at radius 1 is 1.44 bits per heavy atom. The van der Waals surface area contributed by atoms with Crippen molar-refractivity contribution in [2.24, 2.45) is 0 Å². The molecule has 0 atom stereocenters. The van der Waals surface area contributed by atoms with Crippen LogP contribution in [0, 0.1) is 0 Å². The number of carbonyl (C=O) groups excluding carboxylic acids is 1. The van der Waals surface area contributed by atoms with Gasteiger partial charge in [0.05, 0.1) is 18.8 Å². The van der Waals surface area contributed by atoms with Crippen LogP contribution in [0.2, 0.25) is 0 Å². The Morgan fingerprint density at radius 3 is 2.94 bits per heavy atom. The van der Waals surface area contributed by atoms with Crippen LogP contribution in [-0.4, -0.2) is 22.1 Å². The maximum absolute atomic E-state index is 11.7. The minimum Gasteiger partial charge on any atom is -0.461 e. The van der Waals surface area contributed by atoms with Crippen molar-refractivity contribution in [3.05, 3.63) is 52.5 Å². The largest absolute Gasteiger partial charge is 0.461 e.